The zero-order chi connectivity index (χ0) is 30.1. The third-order valence-electron chi connectivity index (χ3n) is 7.11. The van der Waals surface area contributed by atoms with Gasteiger partial charge in [-0.15, -0.1) is 11.8 Å². The number of amides is 2. The lowest BCUT2D eigenvalue weighted by atomic mass is 9.93. The Morgan fingerprint density at radius 3 is 2.43 bits per heavy atom. The summed E-state index contributed by atoms with van der Waals surface area (Å²) in [5.41, 5.74) is 0.582. The number of carboxylic acids is 1. The van der Waals surface area contributed by atoms with Gasteiger partial charge in [0.2, 0.25) is 11.8 Å². The highest BCUT2D eigenvalue weighted by Gasteiger charge is 2.36. The molecule has 2 aromatic rings. The van der Waals surface area contributed by atoms with Gasteiger partial charge in [0.15, 0.2) is 9.84 Å². The van der Waals surface area contributed by atoms with Crippen molar-refractivity contribution < 1.29 is 37.4 Å². The zero-order valence-corrected chi connectivity index (χ0v) is 25.2. The minimum atomic E-state index is -3.74. The van der Waals surface area contributed by atoms with Crippen LogP contribution in [0.15, 0.2) is 52.3 Å². The fraction of sp³-hybridized carbons (Fsp3) is 0.483. The highest BCUT2D eigenvalue weighted by atomic mass is 32.2. The first kappa shape index (κ1) is 31.6. The van der Waals surface area contributed by atoms with Gasteiger partial charge in [-0.2, -0.15) is 0 Å². The Morgan fingerprint density at radius 2 is 1.74 bits per heavy atom. The number of hydrogen-bond donors (Lipinski definition) is 3. The summed E-state index contributed by atoms with van der Waals surface area (Å²) in [6, 6.07) is 12.6. The molecule has 1 unspecified atom stereocenters. The second kappa shape index (κ2) is 14.7. The van der Waals surface area contributed by atoms with Crippen LogP contribution in [0.2, 0.25) is 0 Å². The molecule has 3 N–H and O–H groups in total. The molecule has 42 heavy (non-hydrogen) atoms. The number of carboxylic acid groups (broad SMARTS) is 1. The van der Waals surface area contributed by atoms with Crippen molar-refractivity contribution in [3.05, 3.63) is 42.5 Å². The van der Waals surface area contributed by atoms with E-state index in [0.29, 0.717) is 35.2 Å². The fourth-order valence-electron chi connectivity index (χ4n) is 5.20. The van der Waals surface area contributed by atoms with Crippen molar-refractivity contribution in [3.8, 4) is 11.5 Å². The minimum Gasteiger partial charge on any atom is -0.480 e. The lowest BCUT2D eigenvalue weighted by Crippen LogP contribution is -2.42. The smallest absolute Gasteiger partial charge is 0.322 e. The number of anilines is 1. The van der Waals surface area contributed by atoms with Crippen LogP contribution in [0, 0.1) is 0 Å². The number of nitrogens with zero attached hydrogens (tertiary/aromatic N) is 1. The van der Waals surface area contributed by atoms with E-state index < -0.39 is 40.3 Å². The van der Waals surface area contributed by atoms with E-state index in [1.807, 2.05) is 25.1 Å². The average Bonchev–Trinajstić information content (AvgIpc) is 3.07. The standard InChI is InChI=1S/C29H37N3O8S2/c1-2-39-22-17-32(20-9-5-3-6-10-20)23-13-24(40-21-11-7-4-8-12-21)25(14-26(23)42(37,38)19-22)41-18-28(34)30-15-27(33)31-16-29(35)36/h4,7-8,11-14,20,22H,2-3,5-6,9-10,15-19H2,1H3,(H,30,34)(H,31,33)(H,35,36). The molecule has 1 saturated carbocycles. The van der Waals surface area contributed by atoms with E-state index in [9.17, 15) is 22.8 Å². The lowest BCUT2D eigenvalue weighted by Gasteiger charge is -2.37. The summed E-state index contributed by atoms with van der Waals surface area (Å²) in [4.78, 5) is 37.8. The first-order valence-corrected chi connectivity index (χ1v) is 16.7. The van der Waals surface area contributed by atoms with Crippen LogP contribution >= 0.6 is 11.8 Å². The molecule has 1 fully saturated rings. The molecule has 0 spiro atoms. The predicted molar refractivity (Wildman–Crippen MR) is 159 cm³/mol. The van der Waals surface area contributed by atoms with E-state index in [-0.39, 0.29) is 29.0 Å². The Morgan fingerprint density at radius 1 is 1.02 bits per heavy atom. The highest BCUT2D eigenvalue weighted by Crippen LogP contribution is 2.43. The molecule has 2 amide bonds. The van der Waals surface area contributed by atoms with Gasteiger partial charge in [-0.05, 0) is 38.0 Å². The Bertz CT molecular complexity index is 1360. The van der Waals surface area contributed by atoms with Gasteiger partial charge in [0.25, 0.3) is 0 Å². The van der Waals surface area contributed by atoms with E-state index in [0.717, 1.165) is 43.9 Å². The summed E-state index contributed by atoms with van der Waals surface area (Å²) >= 11 is 1.10. The number of nitrogens with one attached hydrogen (secondary N) is 2. The van der Waals surface area contributed by atoms with Gasteiger partial charge in [0.1, 0.15) is 18.0 Å². The maximum atomic E-state index is 13.7. The maximum Gasteiger partial charge on any atom is 0.322 e. The van der Waals surface area contributed by atoms with Gasteiger partial charge < -0.3 is 30.1 Å². The van der Waals surface area contributed by atoms with Gasteiger partial charge >= 0.3 is 5.97 Å². The molecule has 1 aliphatic heterocycles. The van der Waals surface area contributed by atoms with E-state index in [1.54, 1.807) is 24.3 Å². The van der Waals surface area contributed by atoms with Crippen LogP contribution in [0.3, 0.4) is 0 Å². The van der Waals surface area contributed by atoms with Gasteiger partial charge in [-0.1, -0.05) is 37.5 Å². The monoisotopic (exact) mass is 619 g/mol. The quantitative estimate of drug-likeness (QED) is 0.302. The number of sulfone groups is 1. The van der Waals surface area contributed by atoms with Gasteiger partial charge in [0, 0.05) is 25.3 Å². The molecule has 0 saturated heterocycles. The van der Waals surface area contributed by atoms with Crippen LogP contribution in [-0.2, 0) is 29.0 Å². The van der Waals surface area contributed by atoms with Crippen molar-refractivity contribution in [1.29, 1.82) is 0 Å². The number of benzene rings is 2. The number of rotatable bonds is 12. The second-order valence-electron chi connectivity index (χ2n) is 10.2. The minimum absolute atomic E-state index is 0.121. The summed E-state index contributed by atoms with van der Waals surface area (Å²) in [5.74, 6) is -1.59. The van der Waals surface area contributed by atoms with Crippen molar-refractivity contribution in [2.45, 2.75) is 61.0 Å². The topological polar surface area (TPSA) is 151 Å². The average molecular weight is 620 g/mol. The molecule has 0 aromatic heterocycles. The van der Waals surface area contributed by atoms with Gasteiger partial charge in [-0.3, -0.25) is 14.4 Å². The molecule has 2 aromatic carbocycles. The molecule has 0 bridgehead atoms. The largest absolute Gasteiger partial charge is 0.480 e. The van der Waals surface area contributed by atoms with Crippen LogP contribution in [0.1, 0.15) is 39.0 Å². The van der Waals surface area contributed by atoms with Crippen molar-refractivity contribution in [3.63, 3.8) is 0 Å². The summed E-state index contributed by atoms with van der Waals surface area (Å²) in [6.45, 7) is 1.79. The molecule has 228 valence electrons. The van der Waals surface area contributed by atoms with E-state index in [4.69, 9.17) is 14.6 Å². The Labute approximate surface area is 250 Å². The Kier molecular flexibility index (Phi) is 11.1. The first-order valence-electron chi connectivity index (χ1n) is 14.1. The molecular formula is C29H37N3O8S2. The van der Waals surface area contributed by atoms with Crippen LogP contribution in [-0.4, -0.2) is 81.2 Å². The SMILES string of the molecule is CCOC1CN(C2CCCCC2)c2cc(Oc3ccccc3)c(SCC(=O)NCC(=O)NCC(=O)O)cc2S(=O)(=O)C1. The third-order valence-corrected chi connectivity index (χ3v) is 9.95. The summed E-state index contributed by atoms with van der Waals surface area (Å²) < 4.78 is 39.6. The molecule has 11 nitrogen and oxygen atoms in total. The van der Waals surface area contributed by atoms with Crippen LogP contribution in [0.4, 0.5) is 5.69 Å². The molecule has 2 aliphatic rings. The normalized spacial score (nSPS) is 18.4. The number of aliphatic carboxylic acids is 1. The van der Waals surface area contributed by atoms with Crippen LogP contribution in [0.25, 0.3) is 0 Å². The lowest BCUT2D eigenvalue weighted by molar-refractivity contribution is -0.137. The van der Waals surface area contributed by atoms with Crippen molar-refractivity contribution >= 4 is 45.1 Å². The Balaban J connectivity index is 1.65. The van der Waals surface area contributed by atoms with E-state index >= 15 is 0 Å². The molecule has 1 heterocycles. The number of carbonyl (C=O) groups is 3. The van der Waals surface area contributed by atoms with Crippen LogP contribution < -0.4 is 20.3 Å². The summed E-state index contributed by atoms with van der Waals surface area (Å²) in [5, 5.41) is 13.3. The van der Waals surface area contributed by atoms with Crippen LogP contribution in [0.5, 0.6) is 11.5 Å². The number of ether oxygens (including phenoxy) is 2. The van der Waals surface area contributed by atoms with Crippen molar-refractivity contribution in [2.24, 2.45) is 0 Å². The Hall–Kier alpha value is -3.29. The van der Waals surface area contributed by atoms with Crippen molar-refractivity contribution in [2.75, 3.05) is 42.6 Å². The number of carbonyl (C=O) groups excluding carboxylic acids is 2. The number of fused-ring (bicyclic) bond motifs is 1. The molecule has 4 rings (SSSR count). The maximum absolute atomic E-state index is 13.7. The van der Waals surface area contributed by atoms with Gasteiger partial charge in [0.05, 0.1) is 39.6 Å². The van der Waals surface area contributed by atoms with E-state index in [1.165, 1.54) is 0 Å². The predicted octanol–water partition coefficient (Wildman–Crippen LogP) is 3.22. The number of hydrogen-bond acceptors (Lipinski definition) is 9. The molecule has 1 atom stereocenters. The van der Waals surface area contributed by atoms with Crippen molar-refractivity contribution in [1.82, 2.24) is 10.6 Å². The molecular weight excluding hydrogens is 582 g/mol. The zero-order valence-electron chi connectivity index (χ0n) is 23.5. The summed E-state index contributed by atoms with van der Waals surface area (Å²) in [6.07, 6.45) is 4.75. The van der Waals surface area contributed by atoms with E-state index in [2.05, 4.69) is 15.5 Å². The number of thioether (sulfide) groups is 1. The number of para-hydroxylation sites is 1. The fourth-order valence-corrected chi connectivity index (χ4v) is 7.77. The first-order chi connectivity index (χ1) is 20.2. The molecule has 1 aliphatic carbocycles. The highest BCUT2D eigenvalue weighted by molar-refractivity contribution is 8.00. The summed E-state index contributed by atoms with van der Waals surface area (Å²) in [7, 11) is -3.74. The molecule has 13 heteroatoms. The second-order valence-corrected chi connectivity index (χ2v) is 13.2. The van der Waals surface area contributed by atoms with Gasteiger partial charge in [-0.25, -0.2) is 8.42 Å². The molecule has 0 radical (unpaired) electrons. The third kappa shape index (κ3) is 8.62.